The van der Waals surface area contributed by atoms with Crippen molar-refractivity contribution >= 4 is 17.6 Å². The molecular weight excluding hydrogens is 430 g/mol. The summed E-state index contributed by atoms with van der Waals surface area (Å²) in [5, 5.41) is 6.45. The average Bonchev–Trinajstić information content (AvgIpc) is 3.30. The first-order valence-electron chi connectivity index (χ1n) is 12.0. The Morgan fingerprint density at radius 2 is 1.97 bits per heavy atom. The molecule has 4 rings (SSSR count). The fourth-order valence-electron chi connectivity index (χ4n) is 4.84. The topological polar surface area (TPSA) is 71.4 Å². The first-order valence-corrected chi connectivity index (χ1v) is 12.0. The van der Waals surface area contributed by atoms with E-state index in [0.29, 0.717) is 19.6 Å². The molecule has 34 heavy (non-hydrogen) atoms. The van der Waals surface area contributed by atoms with Crippen molar-refractivity contribution in [2.24, 2.45) is 11.0 Å². The van der Waals surface area contributed by atoms with E-state index in [1.54, 1.807) is 12.1 Å². The van der Waals surface area contributed by atoms with Crippen molar-refractivity contribution in [1.82, 2.24) is 9.91 Å². The number of hydrazone groups is 1. The molecule has 2 heterocycles. The summed E-state index contributed by atoms with van der Waals surface area (Å²) in [7, 11) is 1.64. The largest absolute Gasteiger partial charge is 0.497 e. The van der Waals surface area contributed by atoms with Crippen molar-refractivity contribution < 1.29 is 19.1 Å². The second kappa shape index (κ2) is 10.8. The maximum absolute atomic E-state index is 13.5. The zero-order valence-corrected chi connectivity index (χ0v) is 20.2. The van der Waals surface area contributed by atoms with Gasteiger partial charge in [0.15, 0.2) is 0 Å². The van der Waals surface area contributed by atoms with E-state index in [2.05, 4.69) is 24.0 Å². The molecule has 7 heteroatoms. The molecule has 2 aliphatic heterocycles. The molecule has 2 aliphatic rings. The van der Waals surface area contributed by atoms with Gasteiger partial charge in [-0.3, -0.25) is 14.5 Å². The Bertz CT molecular complexity index is 1070. The monoisotopic (exact) mass is 463 g/mol. The van der Waals surface area contributed by atoms with E-state index in [9.17, 15) is 9.59 Å². The van der Waals surface area contributed by atoms with Gasteiger partial charge in [0.25, 0.3) is 5.91 Å². The van der Waals surface area contributed by atoms with Gasteiger partial charge >= 0.3 is 5.97 Å². The van der Waals surface area contributed by atoms with Crippen LogP contribution in [0.5, 0.6) is 5.75 Å². The summed E-state index contributed by atoms with van der Waals surface area (Å²) in [6, 6.07) is 15.8. The van der Waals surface area contributed by atoms with Crippen molar-refractivity contribution in [1.29, 1.82) is 0 Å². The smallest absolute Gasteiger partial charge is 0.310 e. The molecule has 0 bridgehead atoms. The van der Waals surface area contributed by atoms with Crippen molar-refractivity contribution in [2.45, 2.75) is 39.2 Å². The number of benzene rings is 2. The Labute approximate surface area is 201 Å². The molecule has 2 aromatic carbocycles. The summed E-state index contributed by atoms with van der Waals surface area (Å²) in [6.45, 7) is 5.82. The second-order valence-corrected chi connectivity index (χ2v) is 8.92. The summed E-state index contributed by atoms with van der Waals surface area (Å²) in [4.78, 5) is 27.8. The number of likely N-dealkylation sites (tertiary alicyclic amines) is 1. The van der Waals surface area contributed by atoms with E-state index in [-0.39, 0.29) is 30.4 Å². The molecule has 7 nitrogen and oxygen atoms in total. The molecule has 1 amide bonds. The molecule has 2 atom stereocenters. The number of esters is 1. The van der Waals surface area contributed by atoms with Crippen LogP contribution >= 0.6 is 0 Å². The Balaban J connectivity index is 1.56. The summed E-state index contributed by atoms with van der Waals surface area (Å²) in [5.41, 5.74) is 4.05. The van der Waals surface area contributed by atoms with Gasteiger partial charge in [0.05, 0.1) is 37.9 Å². The Hall–Kier alpha value is -3.19. The molecule has 0 unspecified atom stereocenters. The fraction of sp³-hybridized carbons (Fsp3) is 0.444. The van der Waals surface area contributed by atoms with Crippen LogP contribution in [-0.4, -0.2) is 60.8 Å². The van der Waals surface area contributed by atoms with Crippen LogP contribution in [0.25, 0.3) is 0 Å². The highest BCUT2D eigenvalue weighted by Crippen LogP contribution is 2.35. The molecule has 180 valence electrons. The second-order valence-electron chi connectivity index (χ2n) is 8.92. The third-order valence-corrected chi connectivity index (χ3v) is 6.60. The van der Waals surface area contributed by atoms with Crippen LogP contribution in [0.4, 0.5) is 0 Å². The zero-order chi connectivity index (χ0) is 24.1. The van der Waals surface area contributed by atoms with Crippen molar-refractivity contribution in [3.8, 4) is 5.75 Å². The summed E-state index contributed by atoms with van der Waals surface area (Å²) < 4.78 is 10.6. The van der Waals surface area contributed by atoms with E-state index in [1.807, 2.05) is 43.3 Å². The third kappa shape index (κ3) is 5.30. The van der Waals surface area contributed by atoms with Crippen LogP contribution in [0.3, 0.4) is 0 Å². The number of aryl methyl sites for hydroxylation is 1. The van der Waals surface area contributed by atoms with Gasteiger partial charge in [0, 0.05) is 18.5 Å². The zero-order valence-electron chi connectivity index (χ0n) is 20.2. The minimum absolute atomic E-state index is 0.0596. The van der Waals surface area contributed by atoms with Crippen LogP contribution in [0, 0.1) is 12.8 Å². The van der Waals surface area contributed by atoms with Gasteiger partial charge < -0.3 is 9.47 Å². The van der Waals surface area contributed by atoms with Crippen LogP contribution in [-0.2, 0) is 14.3 Å². The summed E-state index contributed by atoms with van der Waals surface area (Å²) in [5.74, 6) is 0.353. The lowest BCUT2D eigenvalue weighted by Crippen LogP contribution is -2.44. The van der Waals surface area contributed by atoms with E-state index >= 15 is 0 Å². The quantitative estimate of drug-likeness (QED) is 0.582. The lowest BCUT2D eigenvalue weighted by molar-refractivity contribution is -0.150. The summed E-state index contributed by atoms with van der Waals surface area (Å²) >= 11 is 0. The predicted octanol–water partition coefficient (Wildman–Crippen LogP) is 3.96. The van der Waals surface area contributed by atoms with Crippen LogP contribution in [0.2, 0.25) is 0 Å². The molecule has 0 N–H and O–H groups in total. The van der Waals surface area contributed by atoms with Crippen molar-refractivity contribution in [2.75, 3.05) is 33.4 Å². The average molecular weight is 464 g/mol. The Morgan fingerprint density at radius 3 is 2.74 bits per heavy atom. The highest BCUT2D eigenvalue weighted by Gasteiger charge is 2.36. The molecule has 0 spiro atoms. The maximum atomic E-state index is 13.5. The first kappa shape index (κ1) is 24.0. The molecule has 0 radical (unpaired) electrons. The lowest BCUT2D eigenvalue weighted by Gasteiger charge is -2.32. The summed E-state index contributed by atoms with van der Waals surface area (Å²) in [6.07, 6.45) is 2.31. The van der Waals surface area contributed by atoms with Crippen molar-refractivity contribution in [3.63, 3.8) is 0 Å². The molecule has 1 saturated heterocycles. The number of ether oxygens (including phenoxy) is 2. The highest BCUT2D eigenvalue weighted by molar-refractivity contribution is 6.03. The van der Waals surface area contributed by atoms with Gasteiger partial charge in [-0.15, -0.1) is 0 Å². The van der Waals surface area contributed by atoms with Gasteiger partial charge in [0.2, 0.25) is 0 Å². The number of piperidine rings is 1. The normalized spacial score (nSPS) is 20.7. The number of amides is 1. The number of carbonyl (C=O) groups excluding carboxylic acids is 2. The lowest BCUT2D eigenvalue weighted by atomic mass is 9.95. The molecule has 0 aliphatic carbocycles. The number of hydrogen-bond donors (Lipinski definition) is 0. The Kier molecular flexibility index (Phi) is 7.63. The SMILES string of the molecule is CCOC(=O)[C@H]1CCCN(CC(=O)N2N=C(c3cccc(OC)c3)C[C@@H]2c2ccccc2C)C1. The highest BCUT2D eigenvalue weighted by atomic mass is 16.5. The van der Waals surface area contributed by atoms with Gasteiger partial charge in [0.1, 0.15) is 5.75 Å². The number of nitrogens with zero attached hydrogens (tertiary/aromatic N) is 3. The molecular formula is C27H33N3O4. The van der Waals surface area contributed by atoms with Gasteiger partial charge in [-0.1, -0.05) is 36.4 Å². The third-order valence-electron chi connectivity index (χ3n) is 6.60. The van der Waals surface area contributed by atoms with Gasteiger partial charge in [-0.25, -0.2) is 5.01 Å². The first-order chi connectivity index (χ1) is 16.5. The molecule has 1 fully saturated rings. The van der Waals surface area contributed by atoms with Gasteiger partial charge in [-0.2, -0.15) is 5.10 Å². The minimum atomic E-state index is -0.178. The fourth-order valence-corrected chi connectivity index (χ4v) is 4.84. The van der Waals surface area contributed by atoms with E-state index in [0.717, 1.165) is 47.5 Å². The van der Waals surface area contributed by atoms with Crippen LogP contribution in [0.15, 0.2) is 53.6 Å². The van der Waals surface area contributed by atoms with Crippen molar-refractivity contribution in [3.05, 3.63) is 65.2 Å². The standard InChI is InChI=1S/C27H33N3O4/c1-4-34-27(32)21-11-8-14-29(17-21)18-26(31)30-25(23-13-6-5-9-19(23)2)16-24(28-30)20-10-7-12-22(15-20)33-3/h5-7,9-10,12-13,15,21,25H,4,8,11,14,16-18H2,1-3H3/t21-,25+/m0/s1. The molecule has 0 saturated carbocycles. The number of carbonyl (C=O) groups is 2. The van der Waals surface area contributed by atoms with E-state index in [1.165, 1.54) is 0 Å². The molecule has 0 aromatic heterocycles. The predicted molar refractivity (Wildman–Crippen MR) is 131 cm³/mol. The van der Waals surface area contributed by atoms with Gasteiger partial charge in [-0.05, 0) is 56.5 Å². The van der Waals surface area contributed by atoms with Crippen LogP contribution in [0.1, 0.15) is 48.9 Å². The van der Waals surface area contributed by atoms with E-state index in [4.69, 9.17) is 14.6 Å². The number of hydrogen-bond acceptors (Lipinski definition) is 6. The minimum Gasteiger partial charge on any atom is -0.497 e. The van der Waals surface area contributed by atoms with Crippen LogP contribution < -0.4 is 4.74 Å². The molecule has 2 aromatic rings. The maximum Gasteiger partial charge on any atom is 0.310 e. The van der Waals surface area contributed by atoms with E-state index < -0.39 is 0 Å². The number of rotatable bonds is 7. The number of methoxy groups -OCH3 is 1. The Morgan fingerprint density at radius 1 is 1.15 bits per heavy atom.